The molecule has 0 aliphatic carbocycles. The number of likely N-dealkylation sites (tertiary alicyclic amines) is 1. The first-order valence-electron chi connectivity index (χ1n) is 21.0. The quantitative estimate of drug-likeness (QED) is 0.0658. The molecule has 3 atom stereocenters. The summed E-state index contributed by atoms with van der Waals surface area (Å²) >= 11 is 1.54. The number of nitrogens with zero attached hydrogens (tertiary/aromatic N) is 7. The molecule has 354 valence electrons. The number of aliphatic hydroxyl groups excluding tert-OH is 1. The number of hydrogen-bond donors (Lipinski definition) is 7. The van der Waals surface area contributed by atoms with Gasteiger partial charge in [0.2, 0.25) is 29.5 Å². The number of anilines is 3. The van der Waals surface area contributed by atoms with Crippen LogP contribution in [0.1, 0.15) is 48.9 Å². The molecule has 22 nitrogen and oxygen atoms in total. The van der Waals surface area contributed by atoms with Crippen molar-refractivity contribution in [1.29, 1.82) is 0 Å². The fourth-order valence-electron chi connectivity index (χ4n) is 7.11. The van der Waals surface area contributed by atoms with E-state index in [0.717, 1.165) is 21.7 Å². The molecule has 1 saturated heterocycles. The van der Waals surface area contributed by atoms with Crippen molar-refractivity contribution in [3.8, 4) is 27.6 Å². The zero-order valence-electron chi connectivity index (χ0n) is 38.0. The fourth-order valence-corrected chi connectivity index (χ4v) is 7.92. The summed E-state index contributed by atoms with van der Waals surface area (Å²) in [5.41, 5.74) is 4.83. The lowest BCUT2D eigenvalue weighted by Gasteiger charge is -2.35. The predicted molar refractivity (Wildman–Crippen MR) is 246 cm³/mol. The van der Waals surface area contributed by atoms with E-state index in [1.807, 2.05) is 31.2 Å². The van der Waals surface area contributed by atoms with Crippen LogP contribution in [0.15, 0.2) is 60.4 Å². The van der Waals surface area contributed by atoms with Crippen molar-refractivity contribution in [2.75, 3.05) is 51.1 Å². The third kappa shape index (κ3) is 12.5. The highest BCUT2D eigenvalue weighted by Crippen LogP contribution is 2.37. The minimum atomic E-state index is -1.12. The number of nitrogens with one attached hydrogen (secondary N) is 6. The van der Waals surface area contributed by atoms with Crippen molar-refractivity contribution in [1.82, 2.24) is 56.1 Å². The Hall–Kier alpha value is -7.37. The molecule has 5 aromatic rings. The Bertz CT molecular complexity index is 2610. The maximum atomic E-state index is 14.0. The Morgan fingerprint density at radius 3 is 2.36 bits per heavy atom. The van der Waals surface area contributed by atoms with E-state index in [1.165, 1.54) is 25.1 Å². The molecule has 23 heteroatoms. The number of benzene rings is 2. The van der Waals surface area contributed by atoms with Crippen molar-refractivity contribution in [3.05, 3.63) is 77.3 Å². The first-order chi connectivity index (χ1) is 31.9. The predicted octanol–water partition coefficient (Wildman–Crippen LogP) is 1.70. The number of methoxy groups -OCH3 is 1. The number of carbonyl (C=O) groups excluding carboxylic acids is 6. The van der Waals surface area contributed by atoms with Gasteiger partial charge in [0.25, 0.3) is 5.91 Å². The molecule has 1 fully saturated rings. The van der Waals surface area contributed by atoms with Crippen molar-refractivity contribution in [2.45, 2.75) is 58.8 Å². The van der Waals surface area contributed by atoms with E-state index in [-0.39, 0.29) is 36.7 Å². The molecule has 1 aliphatic rings. The van der Waals surface area contributed by atoms with Gasteiger partial charge in [0.1, 0.15) is 31.6 Å². The number of β-amino-alcohol motifs (C(OH)–C–C–N with tert-alkyl or cyclic N) is 1. The number of hydrogen-bond acceptors (Lipinski definition) is 16. The first kappa shape index (κ1) is 49.1. The van der Waals surface area contributed by atoms with Crippen LogP contribution >= 0.6 is 11.3 Å². The number of carbonyl (C=O) groups is 6. The van der Waals surface area contributed by atoms with E-state index >= 15 is 0 Å². The van der Waals surface area contributed by atoms with E-state index in [1.54, 1.807) is 73.9 Å². The zero-order chi connectivity index (χ0) is 48.4. The second kappa shape index (κ2) is 21.7. The van der Waals surface area contributed by atoms with Gasteiger partial charge in [-0.1, -0.05) is 51.1 Å². The van der Waals surface area contributed by atoms with E-state index in [4.69, 9.17) is 9.47 Å². The maximum absolute atomic E-state index is 14.0. The second-order valence-corrected chi connectivity index (χ2v) is 17.4. The number of ether oxygens (including phenoxy) is 2. The Balaban J connectivity index is 0.983. The Morgan fingerprint density at radius 1 is 0.955 bits per heavy atom. The fraction of sp³-hybridized carbons (Fsp3) is 0.386. The van der Waals surface area contributed by atoms with Crippen molar-refractivity contribution in [3.63, 3.8) is 0 Å². The molecule has 6 amide bonds. The van der Waals surface area contributed by atoms with Gasteiger partial charge in [-0.3, -0.25) is 33.4 Å². The number of aromatic nitrogens is 6. The Kier molecular flexibility index (Phi) is 15.9. The van der Waals surface area contributed by atoms with Crippen LogP contribution in [0.25, 0.3) is 21.8 Å². The number of thiazole rings is 1. The van der Waals surface area contributed by atoms with Crippen LogP contribution in [0.3, 0.4) is 0 Å². The highest BCUT2D eigenvalue weighted by molar-refractivity contribution is 7.13. The van der Waals surface area contributed by atoms with Crippen LogP contribution in [-0.4, -0.2) is 134 Å². The SMILES string of the molecule is CNC(=O)c1nnc(NC(=O)CNC(=O)COCC(=O)NC(C(=O)N2C[C@H](O)C[C@H]2C(=O)NCc2ccc(-c3scnc3C)cc2)C(C)(C)C)cc1Nc1cccc(-c2ncn(C)n2)c1OC. The summed E-state index contributed by atoms with van der Waals surface area (Å²) in [6.07, 6.45) is 0.614. The van der Waals surface area contributed by atoms with E-state index < -0.39 is 78.8 Å². The van der Waals surface area contributed by atoms with E-state index in [9.17, 15) is 33.9 Å². The minimum Gasteiger partial charge on any atom is -0.494 e. The molecule has 4 heterocycles. The van der Waals surface area contributed by atoms with Crippen molar-refractivity contribution in [2.24, 2.45) is 12.5 Å². The average Bonchev–Trinajstić information content (AvgIpc) is 4.05. The molecular weight excluding hydrogens is 887 g/mol. The van der Waals surface area contributed by atoms with Gasteiger partial charge in [-0.2, -0.15) is 5.10 Å². The van der Waals surface area contributed by atoms with Crippen LogP contribution < -0.4 is 36.6 Å². The molecular formula is C44H53N13O9S. The molecule has 3 aromatic heterocycles. The summed E-state index contributed by atoms with van der Waals surface area (Å²) in [4.78, 5) is 89.6. The molecule has 0 radical (unpaired) electrons. The topological polar surface area (TPSA) is 286 Å². The third-order valence-corrected chi connectivity index (χ3v) is 11.4. The normalized spacial score (nSPS) is 15.0. The molecule has 1 aliphatic heterocycles. The van der Waals surface area contributed by atoms with Gasteiger partial charge in [-0.15, -0.1) is 21.5 Å². The van der Waals surface area contributed by atoms with E-state index in [0.29, 0.717) is 22.8 Å². The number of rotatable bonds is 18. The summed E-state index contributed by atoms with van der Waals surface area (Å²) in [6.45, 7) is 5.53. The molecule has 0 saturated carbocycles. The van der Waals surface area contributed by atoms with Crippen LogP contribution in [0, 0.1) is 12.3 Å². The number of para-hydroxylation sites is 1. The zero-order valence-corrected chi connectivity index (χ0v) is 38.8. The molecule has 0 spiro atoms. The second-order valence-electron chi connectivity index (χ2n) is 16.6. The molecule has 6 rings (SSSR count). The van der Waals surface area contributed by atoms with E-state index in [2.05, 4.69) is 57.2 Å². The Labute approximate surface area is 389 Å². The average molecular weight is 940 g/mol. The van der Waals surface area contributed by atoms with Gasteiger partial charge in [-0.25, -0.2) is 9.97 Å². The highest BCUT2D eigenvalue weighted by Gasteiger charge is 2.44. The standard InChI is InChI=1S/C44H53N13O9S/c1-24-38(67-23-49-24)26-13-11-25(12-14-26)17-47-41(62)31-15-27(58)19-57(31)43(64)39(44(2,3)4)52-35(61)21-66-20-34(60)46-18-33(59)51-32-16-30(36(54-53-32)42(63)45-5)50-29-10-8-9-28(37(29)65-7)40-48-22-56(6)55-40/h8-14,16,22-23,27,31,39,58H,15,17-21H2,1-7H3,(H,45,63)(H,46,60)(H,47,62)(H,52,61)(H2,50,51,53,59)/t27-,31+,39?/m1/s1. The monoisotopic (exact) mass is 939 g/mol. The number of amides is 6. The first-order valence-corrected chi connectivity index (χ1v) is 21.9. The van der Waals surface area contributed by atoms with Gasteiger partial charge >= 0.3 is 0 Å². The highest BCUT2D eigenvalue weighted by atomic mass is 32.1. The summed E-state index contributed by atoms with van der Waals surface area (Å²) in [6, 6.07) is 12.2. The Morgan fingerprint density at radius 2 is 1.70 bits per heavy atom. The van der Waals surface area contributed by atoms with Gasteiger partial charge in [-0.05, 0) is 35.6 Å². The summed E-state index contributed by atoms with van der Waals surface area (Å²) in [5, 5.41) is 38.9. The van der Waals surface area contributed by atoms with Gasteiger partial charge in [0.15, 0.2) is 23.1 Å². The number of aliphatic hydroxyl groups is 1. The summed E-state index contributed by atoms with van der Waals surface area (Å²) in [5.74, 6) is -2.97. The van der Waals surface area contributed by atoms with Crippen LogP contribution in [0.2, 0.25) is 0 Å². The largest absolute Gasteiger partial charge is 0.494 e. The molecule has 0 bridgehead atoms. The summed E-state index contributed by atoms with van der Waals surface area (Å²) in [7, 11) is 4.62. The van der Waals surface area contributed by atoms with Crippen LogP contribution in [-0.2, 0) is 42.3 Å². The van der Waals surface area contributed by atoms with Gasteiger partial charge in [0, 0.05) is 39.7 Å². The van der Waals surface area contributed by atoms with Crippen molar-refractivity contribution >= 4 is 64.0 Å². The lowest BCUT2D eigenvalue weighted by molar-refractivity contribution is -0.145. The third-order valence-electron chi connectivity index (χ3n) is 10.5. The molecule has 7 N–H and O–H groups in total. The lowest BCUT2D eigenvalue weighted by atomic mass is 9.85. The van der Waals surface area contributed by atoms with Gasteiger partial charge in [0.05, 0.1) is 52.8 Å². The van der Waals surface area contributed by atoms with Crippen LogP contribution in [0.5, 0.6) is 5.75 Å². The van der Waals surface area contributed by atoms with Crippen molar-refractivity contribution < 1.29 is 43.3 Å². The maximum Gasteiger partial charge on any atom is 0.273 e. The lowest BCUT2D eigenvalue weighted by Crippen LogP contribution is -2.58. The summed E-state index contributed by atoms with van der Waals surface area (Å²) < 4.78 is 12.5. The molecule has 2 aromatic carbocycles. The molecule has 1 unspecified atom stereocenters. The number of aryl methyl sites for hydroxylation is 2. The van der Waals surface area contributed by atoms with Crippen LogP contribution in [0.4, 0.5) is 17.2 Å². The minimum absolute atomic E-state index is 0.0223. The van der Waals surface area contributed by atoms with Gasteiger partial charge < -0.3 is 51.4 Å². The smallest absolute Gasteiger partial charge is 0.273 e. The molecule has 67 heavy (non-hydrogen) atoms.